The van der Waals surface area contributed by atoms with Gasteiger partial charge in [0.15, 0.2) is 0 Å². The highest BCUT2D eigenvalue weighted by Gasteiger charge is 2.26. The number of hydrogen-bond acceptors (Lipinski definition) is 8. The van der Waals surface area contributed by atoms with Gasteiger partial charge in [-0.2, -0.15) is 4.68 Å². The summed E-state index contributed by atoms with van der Waals surface area (Å²) in [6.45, 7) is 1.77. The molecule has 0 bridgehead atoms. The van der Waals surface area contributed by atoms with Crippen LogP contribution in [-0.2, 0) is 4.79 Å². The summed E-state index contributed by atoms with van der Waals surface area (Å²) >= 11 is 7.04. The van der Waals surface area contributed by atoms with Gasteiger partial charge in [0, 0.05) is 37.3 Å². The van der Waals surface area contributed by atoms with Crippen molar-refractivity contribution in [2.45, 2.75) is 5.16 Å². The molecule has 0 saturated carbocycles. The van der Waals surface area contributed by atoms with Gasteiger partial charge in [0.2, 0.25) is 11.1 Å². The minimum Gasteiger partial charge on any atom is -0.362 e. The van der Waals surface area contributed by atoms with Crippen LogP contribution in [0.4, 0.5) is 15.8 Å². The molecular weight excluding hydrogens is 461 g/mol. The van der Waals surface area contributed by atoms with Gasteiger partial charge in [-0.25, -0.2) is 4.39 Å². The molecule has 0 N–H and O–H groups in total. The van der Waals surface area contributed by atoms with Crippen molar-refractivity contribution in [2.75, 3.05) is 36.8 Å². The predicted octanol–water partition coefficient (Wildman–Crippen LogP) is 2.80. The molecule has 10 nitrogen and oxygen atoms in total. The lowest BCUT2D eigenvalue weighted by Gasteiger charge is -2.35. The van der Waals surface area contributed by atoms with Gasteiger partial charge in [0.1, 0.15) is 11.5 Å². The molecule has 2 heterocycles. The molecule has 32 heavy (non-hydrogen) atoms. The van der Waals surface area contributed by atoms with Gasteiger partial charge in [-0.1, -0.05) is 29.4 Å². The molecule has 0 atom stereocenters. The summed E-state index contributed by atoms with van der Waals surface area (Å²) in [7, 11) is 0. The maximum atomic E-state index is 13.5. The van der Waals surface area contributed by atoms with E-state index in [1.165, 1.54) is 22.9 Å². The number of nitro benzene ring substituents is 1. The first-order valence-electron chi connectivity index (χ1n) is 9.56. The van der Waals surface area contributed by atoms with Crippen LogP contribution in [0.15, 0.2) is 47.6 Å². The summed E-state index contributed by atoms with van der Waals surface area (Å²) in [5.41, 5.74) is 0.885. The average Bonchev–Trinajstić information content (AvgIpc) is 3.26. The molecule has 2 aromatic carbocycles. The maximum absolute atomic E-state index is 13.5. The zero-order valence-electron chi connectivity index (χ0n) is 16.6. The second-order valence-electron chi connectivity index (χ2n) is 6.90. The topological polar surface area (TPSA) is 110 Å². The number of rotatable bonds is 6. The number of aromatic nitrogens is 4. The molecule has 0 aliphatic carbocycles. The third kappa shape index (κ3) is 4.81. The lowest BCUT2D eigenvalue weighted by Crippen LogP contribution is -2.49. The van der Waals surface area contributed by atoms with Crippen molar-refractivity contribution >= 4 is 40.6 Å². The van der Waals surface area contributed by atoms with Crippen molar-refractivity contribution in [1.82, 2.24) is 25.1 Å². The zero-order valence-corrected chi connectivity index (χ0v) is 18.2. The van der Waals surface area contributed by atoms with Gasteiger partial charge in [0.05, 0.1) is 16.4 Å². The van der Waals surface area contributed by atoms with E-state index < -0.39 is 10.7 Å². The number of nitro groups is 1. The first kappa shape index (κ1) is 22.0. The molecule has 3 aromatic rings. The van der Waals surface area contributed by atoms with Gasteiger partial charge in [0.25, 0.3) is 5.69 Å². The Hall–Kier alpha value is -3.25. The number of hydrogen-bond donors (Lipinski definition) is 0. The second kappa shape index (κ2) is 9.49. The quantitative estimate of drug-likeness (QED) is 0.303. The van der Waals surface area contributed by atoms with Gasteiger partial charge in [-0.15, -0.1) is 5.10 Å². The molecule has 1 aliphatic rings. The van der Waals surface area contributed by atoms with Crippen LogP contribution < -0.4 is 4.90 Å². The summed E-state index contributed by atoms with van der Waals surface area (Å²) in [6, 6.07) is 10.4. The lowest BCUT2D eigenvalue weighted by atomic mass is 10.2. The first-order valence-corrected chi connectivity index (χ1v) is 10.9. The number of carbonyl (C=O) groups is 1. The molecule has 1 aromatic heterocycles. The van der Waals surface area contributed by atoms with E-state index >= 15 is 0 Å². The summed E-state index contributed by atoms with van der Waals surface area (Å²) in [5.74, 6) is -0.408. The minimum atomic E-state index is -0.460. The zero-order chi connectivity index (χ0) is 22.7. The number of halogens is 2. The van der Waals surface area contributed by atoms with Crippen LogP contribution in [0.5, 0.6) is 0 Å². The van der Waals surface area contributed by atoms with Crippen molar-refractivity contribution in [3.8, 4) is 5.69 Å². The Labute approximate surface area is 191 Å². The van der Waals surface area contributed by atoms with Gasteiger partial charge in [-0.05, 0) is 40.8 Å². The minimum absolute atomic E-state index is 0.0583. The Morgan fingerprint density at radius 3 is 2.69 bits per heavy atom. The molecule has 0 unspecified atom stereocenters. The summed E-state index contributed by atoms with van der Waals surface area (Å²) in [5, 5.41) is 23.4. The predicted molar refractivity (Wildman–Crippen MR) is 117 cm³/mol. The Bertz CT molecular complexity index is 1150. The van der Waals surface area contributed by atoms with Crippen molar-refractivity contribution in [3.63, 3.8) is 0 Å². The van der Waals surface area contributed by atoms with E-state index in [1.54, 1.807) is 29.2 Å². The number of benzene rings is 2. The normalized spacial score (nSPS) is 13.9. The van der Waals surface area contributed by atoms with Crippen molar-refractivity contribution < 1.29 is 14.1 Å². The van der Waals surface area contributed by atoms with E-state index in [9.17, 15) is 19.3 Å². The monoisotopic (exact) mass is 477 g/mol. The third-order valence-electron chi connectivity index (χ3n) is 4.93. The molecule has 166 valence electrons. The molecule has 0 radical (unpaired) electrons. The number of thioether (sulfide) groups is 1. The van der Waals surface area contributed by atoms with E-state index in [4.69, 9.17) is 11.6 Å². The number of tetrazole rings is 1. The van der Waals surface area contributed by atoms with Crippen LogP contribution >= 0.6 is 23.4 Å². The molecule has 1 saturated heterocycles. The fourth-order valence-corrected chi connectivity index (χ4v) is 4.32. The second-order valence-corrected chi connectivity index (χ2v) is 8.28. The number of carbonyl (C=O) groups excluding carboxylic acids is 1. The SMILES string of the molecule is O=C(CSc1nnnn1-c1cccc(F)c1)N1CCN(c2ccc(Cl)cc2[N+](=O)[O-])CC1. The first-order chi connectivity index (χ1) is 15.4. The highest BCUT2D eigenvalue weighted by atomic mass is 35.5. The van der Waals surface area contributed by atoms with E-state index in [0.29, 0.717) is 47.7 Å². The smallest absolute Gasteiger partial charge is 0.294 e. The maximum Gasteiger partial charge on any atom is 0.294 e. The van der Waals surface area contributed by atoms with Crippen LogP contribution in [0.2, 0.25) is 5.02 Å². The average molecular weight is 478 g/mol. The fourth-order valence-electron chi connectivity index (χ4n) is 3.36. The van der Waals surface area contributed by atoms with Crippen LogP contribution in [0.25, 0.3) is 5.69 Å². The highest BCUT2D eigenvalue weighted by Crippen LogP contribution is 2.31. The van der Waals surface area contributed by atoms with E-state index in [0.717, 1.165) is 11.8 Å². The molecule has 13 heteroatoms. The van der Waals surface area contributed by atoms with Crippen LogP contribution in [0, 0.1) is 15.9 Å². The van der Waals surface area contributed by atoms with E-state index in [1.807, 2.05) is 4.90 Å². The van der Waals surface area contributed by atoms with Crippen molar-refractivity contribution in [2.24, 2.45) is 0 Å². The van der Waals surface area contributed by atoms with E-state index in [-0.39, 0.29) is 17.3 Å². The Balaban J connectivity index is 1.36. The standard InChI is InChI=1S/C19H17ClFN7O3S/c20-13-4-5-16(17(10-13)28(30)31)25-6-8-26(9-7-25)18(29)12-32-19-22-23-24-27(19)15-3-1-2-14(21)11-15/h1-5,10-11H,6-9,12H2. The molecule has 4 rings (SSSR count). The third-order valence-corrected chi connectivity index (χ3v) is 6.06. The van der Waals surface area contributed by atoms with E-state index in [2.05, 4.69) is 15.5 Å². The molecule has 1 fully saturated rings. The Morgan fingerprint density at radius 1 is 1.19 bits per heavy atom. The highest BCUT2D eigenvalue weighted by molar-refractivity contribution is 7.99. The van der Waals surface area contributed by atoms with Crippen molar-refractivity contribution in [1.29, 1.82) is 0 Å². The number of piperazine rings is 1. The summed E-state index contributed by atoms with van der Waals surface area (Å²) in [6.07, 6.45) is 0. The van der Waals surface area contributed by atoms with Crippen LogP contribution in [0.3, 0.4) is 0 Å². The van der Waals surface area contributed by atoms with Gasteiger partial charge >= 0.3 is 0 Å². The van der Waals surface area contributed by atoms with Gasteiger partial charge in [-0.3, -0.25) is 14.9 Å². The van der Waals surface area contributed by atoms with Gasteiger partial charge < -0.3 is 9.80 Å². The molecule has 1 amide bonds. The molecule has 1 aliphatic heterocycles. The number of nitrogens with zero attached hydrogens (tertiary/aromatic N) is 7. The fraction of sp³-hybridized carbons (Fsp3) is 0.263. The number of anilines is 1. The summed E-state index contributed by atoms with van der Waals surface area (Å²) in [4.78, 5) is 27.1. The van der Waals surface area contributed by atoms with Crippen LogP contribution in [-0.4, -0.2) is 67.9 Å². The Morgan fingerprint density at radius 2 is 1.97 bits per heavy atom. The number of amides is 1. The molecule has 0 spiro atoms. The lowest BCUT2D eigenvalue weighted by molar-refractivity contribution is -0.384. The van der Waals surface area contributed by atoms with Crippen LogP contribution in [0.1, 0.15) is 0 Å². The van der Waals surface area contributed by atoms with Crippen molar-refractivity contribution in [3.05, 3.63) is 63.4 Å². The molecular formula is C19H17ClFN7O3S. The largest absolute Gasteiger partial charge is 0.362 e. The summed E-state index contributed by atoms with van der Waals surface area (Å²) < 4.78 is 14.9. The Kier molecular flexibility index (Phi) is 6.51.